The molecule has 0 aromatic heterocycles. The van der Waals surface area contributed by atoms with E-state index in [-0.39, 0.29) is 11.0 Å². The molecule has 28 heavy (non-hydrogen) atoms. The van der Waals surface area contributed by atoms with Gasteiger partial charge in [-0.25, -0.2) is 0 Å². The van der Waals surface area contributed by atoms with Crippen LogP contribution in [0.4, 0.5) is 0 Å². The standard InChI is InChI=1S/C27H41N/c1-4-5-6-7-14-21-27(26(2,3)28,22-19-24-15-10-8-11-16-24)23-20-25-17-12-9-13-18-25/h8-13,15-18H,4-7,14,19-23,28H2,1-3H3. The van der Waals surface area contributed by atoms with Gasteiger partial charge in [0.15, 0.2) is 0 Å². The van der Waals surface area contributed by atoms with Crippen molar-refractivity contribution in [1.82, 2.24) is 0 Å². The second-order valence-electron chi connectivity index (χ2n) is 9.14. The Morgan fingerprint density at radius 1 is 0.643 bits per heavy atom. The molecule has 0 saturated heterocycles. The van der Waals surface area contributed by atoms with E-state index in [0.29, 0.717) is 0 Å². The molecule has 2 aromatic rings. The molecule has 0 bridgehead atoms. The van der Waals surface area contributed by atoms with Gasteiger partial charge in [0.25, 0.3) is 0 Å². The molecule has 0 aliphatic heterocycles. The summed E-state index contributed by atoms with van der Waals surface area (Å²) < 4.78 is 0. The maximum absolute atomic E-state index is 6.88. The summed E-state index contributed by atoms with van der Waals surface area (Å²) in [7, 11) is 0. The van der Waals surface area contributed by atoms with Crippen molar-refractivity contribution in [3.05, 3.63) is 71.8 Å². The van der Waals surface area contributed by atoms with E-state index in [2.05, 4.69) is 81.4 Å². The molecule has 0 aliphatic rings. The first-order valence-electron chi connectivity index (χ1n) is 11.3. The van der Waals surface area contributed by atoms with Gasteiger partial charge >= 0.3 is 0 Å². The maximum atomic E-state index is 6.88. The van der Waals surface area contributed by atoms with Gasteiger partial charge in [-0.15, -0.1) is 0 Å². The van der Waals surface area contributed by atoms with Gasteiger partial charge in [0.1, 0.15) is 0 Å². The summed E-state index contributed by atoms with van der Waals surface area (Å²) in [6.45, 7) is 6.80. The predicted molar refractivity (Wildman–Crippen MR) is 124 cm³/mol. The summed E-state index contributed by atoms with van der Waals surface area (Å²) in [5, 5.41) is 0. The van der Waals surface area contributed by atoms with Crippen molar-refractivity contribution >= 4 is 0 Å². The summed E-state index contributed by atoms with van der Waals surface area (Å²) in [5.41, 5.74) is 9.74. The second kappa shape index (κ2) is 11.4. The van der Waals surface area contributed by atoms with Crippen molar-refractivity contribution in [2.75, 3.05) is 0 Å². The molecule has 154 valence electrons. The van der Waals surface area contributed by atoms with E-state index in [1.807, 2.05) is 0 Å². The Morgan fingerprint density at radius 2 is 1.11 bits per heavy atom. The zero-order chi connectivity index (χ0) is 20.3. The van der Waals surface area contributed by atoms with E-state index < -0.39 is 0 Å². The fourth-order valence-electron chi connectivity index (χ4n) is 4.47. The summed E-state index contributed by atoms with van der Waals surface area (Å²) >= 11 is 0. The highest BCUT2D eigenvalue weighted by atomic mass is 14.8. The SMILES string of the molecule is CCCCCCCC(CCc1ccccc1)(CCc1ccccc1)C(C)(C)N. The van der Waals surface area contributed by atoms with Gasteiger partial charge in [0.2, 0.25) is 0 Å². The third kappa shape index (κ3) is 7.09. The highest BCUT2D eigenvalue weighted by Gasteiger charge is 2.40. The second-order valence-corrected chi connectivity index (χ2v) is 9.14. The van der Waals surface area contributed by atoms with Crippen LogP contribution >= 0.6 is 0 Å². The fourth-order valence-corrected chi connectivity index (χ4v) is 4.47. The van der Waals surface area contributed by atoms with Crippen LogP contribution in [0, 0.1) is 5.41 Å². The smallest absolute Gasteiger partial charge is 0.0154 e. The number of hydrogen-bond acceptors (Lipinski definition) is 1. The average Bonchev–Trinajstić information content (AvgIpc) is 2.70. The third-order valence-electron chi connectivity index (χ3n) is 6.60. The largest absolute Gasteiger partial charge is 0.325 e. The van der Waals surface area contributed by atoms with Crippen LogP contribution in [-0.2, 0) is 12.8 Å². The van der Waals surface area contributed by atoms with Crippen molar-refractivity contribution in [1.29, 1.82) is 0 Å². The number of nitrogens with two attached hydrogens (primary N) is 1. The summed E-state index contributed by atoms with van der Waals surface area (Å²) in [4.78, 5) is 0. The molecule has 0 aliphatic carbocycles. The van der Waals surface area contributed by atoms with Crippen molar-refractivity contribution in [3.63, 3.8) is 0 Å². The average molecular weight is 380 g/mol. The van der Waals surface area contributed by atoms with Gasteiger partial charge in [-0.1, -0.05) is 99.7 Å². The quantitative estimate of drug-likeness (QED) is 0.362. The molecular weight excluding hydrogens is 338 g/mol. The van der Waals surface area contributed by atoms with Gasteiger partial charge in [-0.05, 0) is 62.5 Å². The fraction of sp³-hybridized carbons (Fsp3) is 0.556. The lowest BCUT2D eigenvalue weighted by Crippen LogP contribution is -2.51. The van der Waals surface area contributed by atoms with Crippen molar-refractivity contribution < 1.29 is 0 Å². The molecule has 0 saturated carbocycles. The Hall–Kier alpha value is -1.60. The Labute approximate surface area is 173 Å². The lowest BCUT2D eigenvalue weighted by atomic mass is 9.62. The minimum absolute atomic E-state index is 0.172. The van der Waals surface area contributed by atoms with Crippen molar-refractivity contribution in [2.45, 2.75) is 90.5 Å². The van der Waals surface area contributed by atoms with Crippen LogP contribution in [0.1, 0.15) is 83.3 Å². The van der Waals surface area contributed by atoms with E-state index in [0.717, 1.165) is 12.8 Å². The van der Waals surface area contributed by atoms with Crippen LogP contribution in [0.25, 0.3) is 0 Å². The highest BCUT2D eigenvalue weighted by Crippen LogP contribution is 2.44. The lowest BCUT2D eigenvalue weighted by Gasteiger charge is -2.46. The number of benzene rings is 2. The first-order chi connectivity index (χ1) is 13.5. The predicted octanol–water partition coefficient (Wildman–Crippen LogP) is 7.34. The van der Waals surface area contributed by atoms with E-state index in [4.69, 9.17) is 5.73 Å². The maximum Gasteiger partial charge on any atom is 0.0154 e. The monoisotopic (exact) mass is 379 g/mol. The first kappa shape index (κ1) is 22.7. The van der Waals surface area contributed by atoms with Gasteiger partial charge < -0.3 is 5.73 Å². The van der Waals surface area contributed by atoms with Crippen molar-refractivity contribution in [3.8, 4) is 0 Å². The molecule has 1 heteroatoms. The molecule has 2 aromatic carbocycles. The van der Waals surface area contributed by atoms with E-state index in [1.165, 1.54) is 62.5 Å². The van der Waals surface area contributed by atoms with Gasteiger partial charge in [0, 0.05) is 5.54 Å². The van der Waals surface area contributed by atoms with Crippen LogP contribution in [0.3, 0.4) is 0 Å². The van der Waals surface area contributed by atoms with Crippen LogP contribution in [0.15, 0.2) is 60.7 Å². The van der Waals surface area contributed by atoms with Crippen LogP contribution in [0.5, 0.6) is 0 Å². The molecule has 1 nitrogen and oxygen atoms in total. The molecule has 0 unspecified atom stereocenters. The number of rotatable bonds is 13. The Balaban J connectivity index is 2.12. The molecular formula is C27H41N. The normalized spacial score (nSPS) is 12.3. The molecule has 2 rings (SSSR count). The molecule has 0 radical (unpaired) electrons. The molecule has 0 heterocycles. The summed E-state index contributed by atoms with van der Waals surface area (Å²) in [6.07, 6.45) is 12.4. The van der Waals surface area contributed by atoms with E-state index in [1.54, 1.807) is 0 Å². The van der Waals surface area contributed by atoms with E-state index >= 15 is 0 Å². The molecule has 0 spiro atoms. The minimum atomic E-state index is -0.179. The zero-order valence-electron chi connectivity index (χ0n) is 18.4. The zero-order valence-corrected chi connectivity index (χ0v) is 18.4. The van der Waals surface area contributed by atoms with Gasteiger partial charge in [-0.2, -0.15) is 0 Å². The summed E-state index contributed by atoms with van der Waals surface area (Å²) in [6, 6.07) is 21.8. The summed E-state index contributed by atoms with van der Waals surface area (Å²) in [5.74, 6) is 0. The van der Waals surface area contributed by atoms with Crippen LogP contribution in [0.2, 0.25) is 0 Å². The third-order valence-corrected chi connectivity index (χ3v) is 6.60. The molecule has 0 fully saturated rings. The molecule has 2 N–H and O–H groups in total. The van der Waals surface area contributed by atoms with Gasteiger partial charge in [-0.3, -0.25) is 0 Å². The van der Waals surface area contributed by atoms with Crippen LogP contribution < -0.4 is 5.73 Å². The number of aryl methyl sites for hydroxylation is 2. The highest BCUT2D eigenvalue weighted by molar-refractivity contribution is 5.17. The Morgan fingerprint density at radius 3 is 1.54 bits per heavy atom. The number of hydrogen-bond donors (Lipinski definition) is 1. The number of unbranched alkanes of at least 4 members (excludes halogenated alkanes) is 4. The molecule has 0 amide bonds. The van der Waals surface area contributed by atoms with Gasteiger partial charge in [0.05, 0.1) is 0 Å². The Kier molecular flexibility index (Phi) is 9.25. The topological polar surface area (TPSA) is 26.0 Å². The lowest BCUT2D eigenvalue weighted by molar-refractivity contribution is 0.103. The molecule has 0 atom stereocenters. The van der Waals surface area contributed by atoms with Crippen molar-refractivity contribution in [2.24, 2.45) is 11.1 Å². The first-order valence-corrected chi connectivity index (χ1v) is 11.3. The Bertz CT molecular complexity index is 595. The van der Waals surface area contributed by atoms with Crippen LogP contribution in [-0.4, -0.2) is 5.54 Å². The van der Waals surface area contributed by atoms with E-state index in [9.17, 15) is 0 Å². The minimum Gasteiger partial charge on any atom is -0.325 e.